The van der Waals surface area contributed by atoms with Gasteiger partial charge in [-0.25, -0.2) is 0 Å². The predicted octanol–water partition coefficient (Wildman–Crippen LogP) is 4.72. The van der Waals surface area contributed by atoms with Crippen LogP contribution in [0.1, 0.15) is 68.8 Å². The summed E-state index contributed by atoms with van der Waals surface area (Å²) in [6, 6.07) is 0. The molecule has 0 unspecified atom stereocenters. The van der Waals surface area contributed by atoms with Gasteiger partial charge in [0.15, 0.2) is 0 Å². The molecular formula is C16H30N2S. The van der Waals surface area contributed by atoms with Crippen molar-refractivity contribution in [2.75, 3.05) is 5.75 Å². The van der Waals surface area contributed by atoms with E-state index in [1.807, 2.05) is 0 Å². The fourth-order valence-corrected chi connectivity index (χ4v) is 2.94. The summed E-state index contributed by atoms with van der Waals surface area (Å²) in [5.74, 6) is 1.04. The lowest BCUT2D eigenvalue weighted by Crippen LogP contribution is -2.03. The van der Waals surface area contributed by atoms with E-state index in [0.29, 0.717) is 0 Å². The first-order valence-electron chi connectivity index (χ1n) is 7.84. The summed E-state index contributed by atoms with van der Waals surface area (Å²) >= 11 is 4.24. The molecule has 0 radical (unpaired) electrons. The van der Waals surface area contributed by atoms with Gasteiger partial charge in [0.1, 0.15) is 0 Å². The molecule has 2 nitrogen and oxygen atoms in total. The summed E-state index contributed by atoms with van der Waals surface area (Å²) in [4.78, 5) is 0. The van der Waals surface area contributed by atoms with Crippen molar-refractivity contribution in [3.05, 3.63) is 17.0 Å². The molecule has 0 fully saturated rings. The van der Waals surface area contributed by atoms with Crippen LogP contribution in [0.2, 0.25) is 0 Å². The quantitative estimate of drug-likeness (QED) is 0.485. The Bertz CT molecular complexity index is 358. The van der Waals surface area contributed by atoms with E-state index in [2.05, 4.69) is 43.2 Å². The molecule has 1 aromatic heterocycles. The summed E-state index contributed by atoms with van der Waals surface area (Å²) in [5, 5.41) is 4.65. The Morgan fingerprint density at radius 3 is 2.05 bits per heavy atom. The van der Waals surface area contributed by atoms with E-state index < -0.39 is 0 Å². The number of rotatable bonds is 10. The molecule has 1 rings (SSSR count). The third kappa shape index (κ3) is 5.60. The molecule has 0 bridgehead atoms. The maximum absolute atomic E-state index is 4.65. The largest absolute Gasteiger partial charge is 0.269 e. The minimum atomic E-state index is 1.04. The van der Waals surface area contributed by atoms with Crippen LogP contribution in [0.3, 0.4) is 0 Å². The maximum Gasteiger partial charge on any atom is 0.0628 e. The lowest BCUT2D eigenvalue weighted by atomic mass is 10.1. The third-order valence-electron chi connectivity index (χ3n) is 3.91. The van der Waals surface area contributed by atoms with Gasteiger partial charge in [-0.1, -0.05) is 39.0 Å². The Balaban J connectivity index is 2.16. The molecule has 0 aromatic carbocycles. The molecule has 110 valence electrons. The van der Waals surface area contributed by atoms with Gasteiger partial charge < -0.3 is 0 Å². The number of thiol groups is 1. The highest BCUT2D eigenvalue weighted by Crippen LogP contribution is 2.15. The summed E-state index contributed by atoms with van der Waals surface area (Å²) in [7, 11) is 0. The highest BCUT2D eigenvalue weighted by molar-refractivity contribution is 7.80. The molecule has 0 N–H and O–H groups in total. The predicted molar refractivity (Wildman–Crippen MR) is 87.3 cm³/mol. The van der Waals surface area contributed by atoms with Crippen molar-refractivity contribution in [2.24, 2.45) is 0 Å². The summed E-state index contributed by atoms with van der Waals surface area (Å²) in [6.07, 6.45) is 10.4. The van der Waals surface area contributed by atoms with Crippen LogP contribution in [0.4, 0.5) is 0 Å². The first kappa shape index (κ1) is 16.6. The molecule has 0 saturated carbocycles. The minimum Gasteiger partial charge on any atom is -0.269 e. The first-order valence-corrected chi connectivity index (χ1v) is 8.47. The monoisotopic (exact) mass is 282 g/mol. The number of aromatic nitrogens is 2. The Morgan fingerprint density at radius 2 is 1.53 bits per heavy atom. The van der Waals surface area contributed by atoms with E-state index in [-0.39, 0.29) is 0 Å². The Morgan fingerprint density at radius 1 is 0.947 bits per heavy atom. The standard InChI is InChI=1S/C16H30N2S/c1-4-16-14(2)17-18(15(16)3)12-10-8-6-5-7-9-11-13-19/h19H,4-13H2,1-3H3. The van der Waals surface area contributed by atoms with Gasteiger partial charge in [0.2, 0.25) is 0 Å². The van der Waals surface area contributed by atoms with Crippen molar-refractivity contribution in [3.8, 4) is 0 Å². The lowest BCUT2D eigenvalue weighted by molar-refractivity contribution is 0.514. The zero-order valence-corrected chi connectivity index (χ0v) is 13.8. The first-order chi connectivity index (χ1) is 9.20. The minimum absolute atomic E-state index is 1.04. The van der Waals surface area contributed by atoms with Crippen molar-refractivity contribution in [2.45, 2.75) is 78.7 Å². The molecule has 0 saturated heterocycles. The van der Waals surface area contributed by atoms with Gasteiger partial charge in [0.05, 0.1) is 5.69 Å². The van der Waals surface area contributed by atoms with Gasteiger partial charge >= 0.3 is 0 Å². The molecule has 0 aliphatic rings. The lowest BCUT2D eigenvalue weighted by Gasteiger charge is -2.05. The van der Waals surface area contributed by atoms with Crippen molar-refractivity contribution < 1.29 is 0 Å². The second-order valence-electron chi connectivity index (χ2n) is 5.42. The van der Waals surface area contributed by atoms with Crippen LogP contribution in [-0.4, -0.2) is 15.5 Å². The highest BCUT2D eigenvalue weighted by Gasteiger charge is 2.08. The van der Waals surface area contributed by atoms with Crippen molar-refractivity contribution in [1.82, 2.24) is 9.78 Å². The summed E-state index contributed by atoms with van der Waals surface area (Å²) < 4.78 is 2.20. The molecule has 1 heterocycles. The fraction of sp³-hybridized carbons (Fsp3) is 0.812. The van der Waals surface area contributed by atoms with Crippen LogP contribution < -0.4 is 0 Å². The maximum atomic E-state index is 4.65. The van der Waals surface area contributed by atoms with E-state index in [0.717, 1.165) is 18.7 Å². The Kier molecular flexibility index (Phi) is 8.27. The van der Waals surface area contributed by atoms with Gasteiger partial charge in [-0.15, -0.1) is 0 Å². The molecule has 0 aliphatic heterocycles. The zero-order valence-electron chi connectivity index (χ0n) is 12.9. The number of unbranched alkanes of at least 4 members (excludes halogenated alkanes) is 6. The molecule has 3 heteroatoms. The van der Waals surface area contributed by atoms with Crippen LogP contribution in [0.5, 0.6) is 0 Å². The fourth-order valence-electron chi connectivity index (χ4n) is 2.72. The molecular weight excluding hydrogens is 252 g/mol. The van der Waals surface area contributed by atoms with E-state index in [1.54, 1.807) is 0 Å². The zero-order chi connectivity index (χ0) is 14.1. The van der Waals surface area contributed by atoms with E-state index in [9.17, 15) is 0 Å². The molecule has 1 aromatic rings. The van der Waals surface area contributed by atoms with Gasteiger partial charge in [0, 0.05) is 12.2 Å². The number of aryl methyl sites for hydroxylation is 2. The molecule has 0 amide bonds. The summed E-state index contributed by atoms with van der Waals surface area (Å²) in [5.41, 5.74) is 4.02. The normalized spacial score (nSPS) is 11.2. The number of hydrogen-bond acceptors (Lipinski definition) is 2. The van der Waals surface area contributed by atoms with E-state index in [4.69, 9.17) is 0 Å². The second kappa shape index (κ2) is 9.46. The molecule has 0 spiro atoms. The van der Waals surface area contributed by atoms with E-state index in [1.165, 1.54) is 61.9 Å². The van der Waals surface area contributed by atoms with Crippen LogP contribution >= 0.6 is 12.6 Å². The van der Waals surface area contributed by atoms with Crippen LogP contribution in [0.15, 0.2) is 0 Å². The van der Waals surface area contributed by atoms with E-state index >= 15 is 0 Å². The van der Waals surface area contributed by atoms with Crippen LogP contribution in [-0.2, 0) is 13.0 Å². The van der Waals surface area contributed by atoms with Crippen LogP contribution in [0.25, 0.3) is 0 Å². The summed E-state index contributed by atoms with van der Waals surface area (Å²) in [6.45, 7) is 7.63. The van der Waals surface area contributed by atoms with Crippen molar-refractivity contribution >= 4 is 12.6 Å². The number of nitrogens with zero attached hydrogens (tertiary/aromatic N) is 2. The smallest absolute Gasteiger partial charge is 0.0628 e. The third-order valence-corrected chi connectivity index (χ3v) is 4.23. The van der Waals surface area contributed by atoms with Crippen LogP contribution in [0, 0.1) is 13.8 Å². The Hall–Kier alpha value is -0.440. The Labute approximate surface area is 124 Å². The van der Waals surface area contributed by atoms with Crippen molar-refractivity contribution in [3.63, 3.8) is 0 Å². The van der Waals surface area contributed by atoms with Gasteiger partial charge in [-0.3, -0.25) is 4.68 Å². The molecule has 0 atom stereocenters. The van der Waals surface area contributed by atoms with Gasteiger partial charge in [-0.2, -0.15) is 17.7 Å². The SMILES string of the molecule is CCc1c(C)nn(CCCCCCCCCS)c1C. The van der Waals surface area contributed by atoms with Gasteiger partial charge in [-0.05, 0) is 44.4 Å². The average Bonchev–Trinajstić information content (AvgIpc) is 2.67. The van der Waals surface area contributed by atoms with Gasteiger partial charge in [0.25, 0.3) is 0 Å². The highest BCUT2D eigenvalue weighted by atomic mass is 32.1. The van der Waals surface area contributed by atoms with Crippen molar-refractivity contribution in [1.29, 1.82) is 0 Å². The average molecular weight is 282 g/mol. The number of hydrogen-bond donors (Lipinski definition) is 1. The molecule has 19 heavy (non-hydrogen) atoms. The topological polar surface area (TPSA) is 17.8 Å². The molecule has 0 aliphatic carbocycles. The second-order valence-corrected chi connectivity index (χ2v) is 5.87.